The van der Waals surface area contributed by atoms with E-state index in [9.17, 15) is 13.2 Å². The van der Waals surface area contributed by atoms with Crippen molar-refractivity contribution in [2.45, 2.75) is 32.9 Å². The van der Waals surface area contributed by atoms with Gasteiger partial charge in [-0.25, -0.2) is 8.42 Å². The Balaban J connectivity index is 1.72. The van der Waals surface area contributed by atoms with Crippen molar-refractivity contribution in [3.05, 3.63) is 17.5 Å². The maximum atomic E-state index is 12.7. The molecule has 8 nitrogen and oxygen atoms in total. The first-order chi connectivity index (χ1) is 11.8. The topological polar surface area (TPSA) is 98.1 Å². The summed E-state index contributed by atoms with van der Waals surface area (Å²) in [5.74, 6) is 0.741. The number of hydrogen-bond donors (Lipinski definition) is 0. The fraction of sp³-hybridized carbons (Fsp3) is 0.600. The van der Waals surface area contributed by atoms with Crippen LogP contribution in [0.15, 0.2) is 17.5 Å². The average Bonchev–Trinajstić information content (AvgIpc) is 3.24. The molecule has 0 radical (unpaired) electrons. The van der Waals surface area contributed by atoms with Crippen molar-refractivity contribution in [1.29, 1.82) is 0 Å². The van der Waals surface area contributed by atoms with Gasteiger partial charge in [0.2, 0.25) is 11.7 Å². The van der Waals surface area contributed by atoms with E-state index in [1.165, 1.54) is 16.1 Å². The molecule has 1 saturated heterocycles. The molecule has 3 rings (SSSR count). The monoisotopic (exact) mass is 383 g/mol. The van der Waals surface area contributed by atoms with Gasteiger partial charge in [0, 0.05) is 12.6 Å². The first-order valence-corrected chi connectivity index (χ1v) is 10.9. The van der Waals surface area contributed by atoms with Crippen LogP contribution in [0.3, 0.4) is 0 Å². The van der Waals surface area contributed by atoms with Gasteiger partial charge in [-0.05, 0) is 29.0 Å². The summed E-state index contributed by atoms with van der Waals surface area (Å²) < 4.78 is 23.5. The first-order valence-electron chi connectivity index (χ1n) is 8.15. The highest BCUT2D eigenvalue weighted by Crippen LogP contribution is 2.21. The average molecular weight is 383 g/mol. The third-order valence-electron chi connectivity index (χ3n) is 4.00. The lowest BCUT2D eigenvalue weighted by Gasteiger charge is -2.29. The van der Waals surface area contributed by atoms with Gasteiger partial charge in [-0.15, -0.1) is 21.5 Å². The predicted molar refractivity (Wildman–Crippen MR) is 94.7 cm³/mol. The third-order valence-corrected chi connectivity index (χ3v) is 6.62. The van der Waals surface area contributed by atoms with Crippen LogP contribution in [0.2, 0.25) is 0 Å². The molecule has 2 aromatic rings. The molecule has 1 atom stereocenters. The normalized spacial score (nSPS) is 19.4. The number of thiophene rings is 1. The van der Waals surface area contributed by atoms with Crippen LogP contribution in [0.4, 0.5) is 0 Å². The zero-order valence-corrected chi connectivity index (χ0v) is 15.8. The molecule has 2 aromatic heterocycles. The molecule has 0 aliphatic carbocycles. The molecule has 0 bridgehead atoms. The maximum absolute atomic E-state index is 12.7. The zero-order valence-electron chi connectivity index (χ0n) is 14.2. The van der Waals surface area contributed by atoms with Crippen LogP contribution in [0.25, 0.3) is 10.7 Å². The van der Waals surface area contributed by atoms with Crippen LogP contribution in [-0.2, 0) is 21.2 Å². The van der Waals surface area contributed by atoms with Crippen LogP contribution in [0, 0.1) is 5.92 Å². The number of sulfone groups is 1. The van der Waals surface area contributed by atoms with Gasteiger partial charge in [-0.3, -0.25) is 4.79 Å². The number of carbonyl (C=O) groups is 1. The predicted octanol–water partition coefficient (Wildman–Crippen LogP) is 1.07. The van der Waals surface area contributed by atoms with E-state index in [2.05, 4.69) is 15.4 Å². The lowest BCUT2D eigenvalue weighted by atomic mass is 10.1. The number of amides is 1. The molecule has 10 heteroatoms. The van der Waals surface area contributed by atoms with Crippen molar-refractivity contribution in [3.8, 4) is 10.7 Å². The Labute approximate surface area is 150 Å². The maximum Gasteiger partial charge on any atom is 0.246 e. The summed E-state index contributed by atoms with van der Waals surface area (Å²) in [7, 11) is -3.05. The molecule has 136 valence electrons. The highest BCUT2D eigenvalue weighted by molar-refractivity contribution is 7.91. The summed E-state index contributed by atoms with van der Waals surface area (Å²) in [5.41, 5.74) is 0. The molecule has 0 saturated carbocycles. The third kappa shape index (κ3) is 4.43. The summed E-state index contributed by atoms with van der Waals surface area (Å²) in [6, 6.07) is 3.53. The van der Waals surface area contributed by atoms with Crippen molar-refractivity contribution in [2.75, 3.05) is 18.1 Å². The fourth-order valence-corrected chi connectivity index (χ4v) is 5.27. The molecule has 1 aliphatic rings. The minimum atomic E-state index is -3.05. The van der Waals surface area contributed by atoms with E-state index in [1.54, 1.807) is 4.90 Å². The van der Waals surface area contributed by atoms with Gasteiger partial charge in [-0.2, -0.15) is 4.80 Å². The molecular formula is C15H21N5O3S2. The summed E-state index contributed by atoms with van der Waals surface area (Å²) >= 11 is 1.50. The van der Waals surface area contributed by atoms with Crippen LogP contribution in [0.5, 0.6) is 0 Å². The standard InChI is InChI=1S/C15H21N5O3S2/c1-11(2)8-19(12-5-7-25(22,23)10-12)14(21)9-20-17-15(16-18-20)13-4-3-6-24-13/h3-4,6,11-12H,5,7-10H2,1-2H3/t12-/m0/s1. The molecule has 1 aliphatic heterocycles. The molecule has 0 aromatic carbocycles. The Hall–Kier alpha value is -1.81. The summed E-state index contributed by atoms with van der Waals surface area (Å²) in [6.07, 6.45) is 0.492. The van der Waals surface area contributed by atoms with Crippen molar-refractivity contribution >= 4 is 27.1 Å². The Morgan fingerprint density at radius 1 is 1.48 bits per heavy atom. The Kier molecular flexibility index (Phi) is 5.19. The van der Waals surface area contributed by atoms with Crippen LogP contribution < -0.4 is 0 Å². The number of carbonyl (C=O) groups excluding carboxylic acids is 1. The van der Waals surface area contributed by atoms with Gasteiger partial charge < -0.3 is 4.90 Å². The number of tetrazole rings is 1. The molecule has 1 amide bonds. The van der Waals surface area contributed by atoms with Crippen molar-refractivity contribution in [1.82, 2.24) is 25.1 Å². The van der Waals surface area contributed by atoms with E-state index < -0.39 is 9.84 Å². The summed E-state index contributed by atoms with van der Waals surface area (Å²) in [4.78, 5) is 16.6. The largest absolute Gasteiger partial charge is 0.337 e. The molecular weight excluding hydrogens is 362 g/mol. The quantitative estimate of drug-likeness (QED) is 0.740. The second kappa shape index (κ2) is 7.20. The van der Waals surface area contributed by atoms with Gasteiger partial charge in [0.25, 0.3) is 0 Å². The van der Waals surface area contributed by atoms with Gasteiger partial charge in [0.15, 0.2) is 9.84 Å². The smallest absolute Gasteiger partial charge is 0.246 e. The van der Waals surface area contributed by atoms with E-state index in [4.69, 9.17) is 0 Å². The van der Waals surface area contributed by atoms with E-state index >= 15 is 0 Å². The Bertz CT molecular complexity index is 829. The fourth-order valence-electron chi connectivity index (χ4n) is 2.90. The molecule has 25 heavy (non-hydrogen) atoms. The van der Waals surface area contributed by atoms with Gasteiger partial charge in [0.05, 0.1) is 16.4 Å². The highest BCUT2D eigenvalue weighted by Gasteiger charge is 2.35. The molecule has 0 unspecified atom stereocenters. The van der Waals surface area contributed by atoms with Crippen LogP contribution >= 0.6 is 11.3 Å². The molecule has 0 spiro atoms. The van der Waals surface area contributed by atoms with E-state index in [0.717, 1.165) is 4.88 Å². The van der Waals surface area contributed by atoms with Gasteiger partial charge in [0.1, 0.15) is 6.54 Å². The Morgan fingerprint density at radius 3 is 2.88 bits per heavy atom. The number of hydrogen-bond acceptors (Lipinski definition) is 7. The molecule has 3 heterocycles. The number of aromatic nitrogens is 4. The van der Waals surface area contributed by atoms with Gasteiger partial charge >= 0.3 is 0 Å². The lowest BCUT2D eigenvalue weighted by Crippen LogP contribution is -2.45. The van der Waals surface area contributed by atoms with E-state index in [0.29, 0.717) is 18.8 Å². The summed E-state index contributed by atoms with van der Waals surface area (Å²) in [6.45, 7) is 4.49. The molecule has 0 N–H and O–H groups in total. The van der Waals surface area contributed by atoms with Crippen molar-refractivity contribution in [3.63, 3.8) is 0 Å². The first kappa shape index (κ1) is 18.0. The van der Waals surface area contributed by atoms with Crippen LogP contribution in [-0.4, -0.2) is 63.5 Å². The second-order valence-electron chi connectivity index (χ2n) is 6.62. The molecule has 1 fully saturated rings. The minimum Gasteiger partial charge on any atom is -0.337 e. The van der Waals surface area contributed by atoms with Crippen molar-refractivity contribution in [2.24, 2.45) is 5.92 Å². The van der Waals surface area contributed by atoms with Gasteiger partial charge in [-0.1, -0.05) is 19.9 Å². The van der Waals surface area contributed by atoms with Crippen molar-refractivity contribution < 1.29 is 13.2 Å². The zero-order chi connectivity index (χ0) is 18.0. The minimum absolute atomic E-state index is 0.0384. The summed E-state index contributed by atoms with van der Waals surface area (Å²) in [5, 5.41) is 14.1. The highest BCUT2D eigenvalue weighted by atomic mass is 32.2. The van der Waals surface area contributed by atoms with Crippen LogP contribution in [0.1, 0.15) is 20.3 Å². The SMILES string of the molecule is CC(C)CN(C(=O)Cn1nnc(-c2cccs2)n1)[C@H]1CCS(=O)(=O)C1. The lowest BCUT2D eigenvalue weighted by molar-refractivity contribution is -0.134. The number of rotatable bonds is 6. The van der Waals surface area contributed by atoms with E-state index in [-0.39, 0.29) is 35.9 Å². The second-order valence-corrected chi connectivity index (χ2v) is 9.79. The Morgan fingerprint density at radius 2 is 2.28 bits per heavy atom. The number of nitrogens with zero attached hydrogens (tertiary/aromatic N) is 5. The van der Waals surface area contributed by atoms with E-state index in [1.807, 2.05) is 31.4 Å².